The van der Waals surface area contributed by atoms with Gasteiger partial charge in [-0.1, -0.05) is 5.16 Å². The molecule has 3 aliphatic heterocycles. The van der Waals surface area contributed by atoms with Gasteiger partial charge in [-0.25, -0.2) is 9.97 Å². The summed E-state index contributed by atoms with van der Waals surface area (Å²) in [6.07, 6.45) is 2.68. The van der Waals surface area contributed by atoms with Crippen molar-refractivity contribution in [2.75, 3.05) is 50.9 Å². The second-order valence-electron chi connectivity index (χ2n) is 7.72. The number of nitrogens with zero attached hydrogens (tertiary/aromatic N) is 5. The Morgan fingerprint density at radius 2 is 2.07 bits per heavy atom. The van der Waals surface area contributed by atoms with Crippen molar-refractivity contribution in [3.63, 3.8) is 0 Å². The van der Waals surface area contributed by atoms with Gasteiger partial charge in [0.25, 0.3) is 5.91 Å². The van der Waals surface area contributed by atoms with Crippen molar-refractivity contribution < 1.29 is 18.8 Å². The van der Waals surface area contributed by atoms with Gasteiger partial charge in [0.05, 0.1) is 37.5 Å². The normalized spacial score (nSPS) is 24.6. The molecule has 9 nitrogen and oxygen atoms in total. The number of aromatic nitrogens is 3. The zero-order chi connectivity index (χ0) is 19.1. The van der Waals surface area contributed by atoms with Crippen LogP contribution in [-0.2, 0) is 21.5 Å². The molecule has 2 fully saturated rings. The van der Waals surface area contributed by atoms with Gasteiger partial charge in [0.1, 0.15) is 5.76 Å². The Balaban J connectivity index is 1.43. The molecule has 28 heavy (non-hydrogen) atoms. The maximum Gasteiger partial charge on any atom is 0.276 e. The molecule has 5 heterocycles. The van der Waals surface area contributed by atoms with Crippen LogP contribution >= 0.6 is 0 Å². The number of anilines is 1. The second kappa shape index (κ2) is 6.82. The molecule has 0 radical (unpaired) electrons. The van der Waals surface area contributed by atoms with E-state index in [-0.39, 0.29) is 11.3 Å². The molecule has 0 bridgehead atoms. The number of hydrogen-bond donors (Lipinski definition) is 0. The van der Waals surface area contributed by atoms with Crippen LogP contribution < -0.4 is 4.90 Å². The first-order valence-electron chi connectivity index (χ1n) is 9.64. The van der Waals surface area contributed by atoms with Crippen LogP contribution in [0.15, 0.2) is 16.8 Å². The topological polar surface area (TPSA) is 93.8 Å². The van der Waals surface area contributed by atoms with Gasteiger partial charge < -0.3 is 23.8 Å². The van der Waals surface area contributed by atoms with E-state index >= 15 is 0 Å². The average Bonchev–Trinajstić information content (AvgIpc) is 3.36. The molecular weight excluding hydrogens is 362 g/mol. The molecule has 1 amide bonds. The van der Waals surface area contributed by atoms with E-state index in [1.54, 1.807) is 13.0 Å². The van der Waals surface area contributed by atoms with Gasteiger partial charge in [0, 0.05) is 44.0 Å². The van der Waals surface area contributed by atoms with Crippen molar-refractivity contribution in [1.82, 2.24) is 20.0 Å². The summed E-state index contributed by atoms with van der Waals surface area (Å²) in [6.45, 7) is 7.01. The van der Waals surface area contributed by atoms with Crippen molar-refractivity contribution in [3.8, 4) is 0 Å². The fraction of sp³-hybridized carbons (Fsp3) is 0.579. The molecule has 1 atom stereocenters. The summed E-state index contributed by atoms with van der Waals surface area (Å²) in [6, 6.07) is 1.68. The lowest BCUT2D eigenvalue weighted by molar-refractivity contribution is 0.0482. The Bertz CT molecular complexity index is 894. The molecule has 148 valence electrons. The highest BCUT2D eigenvalue weighted by Crippen LogP contribution is 2.40. The molecule has 5 rings (SSSR count). The van der Waals surface area contributed by atoms with Gasteiger partial charge in [-0.3, -0.25) is 4.79 Å². The van der Waals surface area contributed by atoms with E-state index in [2.05, 4.69) is 15.0 Å². The summed E-state index contributed by atoms with van der Waals surface area (Å²) < 4.78 is 16.4. The smallest absolute Gasteiger partial charge is 0.276 e. The van der Waals surface area contributed by atoms with Crippen LogP contribution in [0, 0.1) is 6.92 Å². The summed E-state index contributed by atoms with van der Waals surface area (Å²) >= 11 is 0. The van der Waals surface area contributed by atoms with E-state index in [9.17, 15) is 4.79 Å². The zero-order valence-corrected chi connectivity index (χ0v) is 15.9. The highest BCUT2D eigenvalue weighted by molar-refractivity contribution is 5.92. The third-order valence-corrected chi connectivity index (χ3v) is 5.77. The summed E-state index contributed by atoms with van der Waals surface area (Å²) in [5.74, 6) is 1.26. The van der Waals surface area contributed by atoms with Gasteiger partial charge in [0.15, 0.2) is 5.69 Å². The first kappa shape index (κ1) is 17.6. The van der Waals surface area contributed by atoms with Crippen molar-refractivity contribution in [3.05, 3.63) is 35.0 Å². The van der Waals surface area contributed by atoms with Crippen molar-refractivity contribution in [1.29, 1.82) is 0 Å². The molecule has 2 aromatic heterocycles. The van der Waals surface area contributed by atoms with Gasteiger partial charge in [-0.15, -0.1) is 0 Å². The van der Waals surface area contributed by atoms with Crippen LogP contribution in [0.4, 0.5) is 5.95 Å². The highest BCUT2D eigenvalue weighted by atomic mass is 16.5. The quantitative estimate of drug-likeness (QED) is 0.754. The second-order valence-corrected chi connectivity index (χ2v) is 7.72. The van der Waals surface area contributed by atoms with Crippen molar-refractivity contribution in [2.45, 2.75) is 25.4 Å². The monoisotopic (exact) mass is 385 g/mol. The Kier molecular flexibility index (Phi) is 4.28. The number of carbonyl (C=O) groups excluding carboxylic acids is 1. The fourth-order valence-corrected chi connectivity index (χ4v) is 4.29. The highest BCUT2D eigenvalue weighted by Gasteiger charge is 2.46. The Labute approximate surface area is 162 Å². The van der Waals surface area contributed by atoms with E-state index in [1.807, 2.05) is 11.1 Å². The molecule has 2 saturated heterocycles. The first-order chi connectivity index (χ1) is 13.6. The van der Waals surface area contributed by atoms with Crippen LogP contribution in [0.5, 0.6) is 0 Å². The number of fused-ring (bicyclic) bond motifs is 2. The van der Waals surface area contributed by atoms with Crippen LogP contribution in [0.2, 0.25) is 0 Å². The van der Waals surface area contributed by atoms with E-state index in [4.69, 9.17) is 19.0 Å². The third kappa shape index (κ3) is 2.94. The maximum absolute atomic E-state index is 12.8. The Hall–Kier alpha value is -2.52. The maximum atomic E-state index is 12.8. The lowest BCUT2D eigenvalue weighted by Gasteiger charge is -2.35. The molecule has 3 aliphatic rings. The summed E-state index contributed by atoms with van der Waals surface area (Å²) in [5, 5.41) is 3.87. The minimum atomic E-state index is -0.300. The van der Waals surface area contributed by atoms with Crippen LogP contribution in [0.25, 0.3) is 0 Å². The fourth-order valence-electron chi connectivity index (χ4n) is 4.29. The minimum absolute atomic E-state index is 0.108. The lowest BCUT2D eigenvalue weighted by atomic mass is 9.80. The SMILES string of the molecule is Cc1cc(C(=O)N2CC[C@]3(COCc4cnc(N5CCOCC5)nc43)C2)no1. The molecule has 0 saturated carbocycles. The van der Waals surface area contributed by atoms with Gasteiger partial charge in [-0.05, 0) is 13.3 Å². The largest absolute Gasteiger partial charge is 0.378 e. The summed E-state index contributed by atoms with van der Waals surface area (Å²) in [5.41, 5.74) is 2.08. The lowest BCUT2D eigenvalue weighted by Crippen LogP contribution is -2.43. The van der Waals surface area contributed by atoms with E-state index in [0.29, 0.717) is 51.0 Å². The number of likely N-dealkylation sites (tertiary alicyclic amines) is 1. The number of morpholine rings is 1. The number of carbonyl (C=O) groups is 1. The molecule has 9 heteroatoms. The van der Waals surface area contributed by atoms with Gasteiger partial charge in [0.2, 0.25) is 5.95 Å². The van der Waals surface area contributed by atoms with E-state index in [0.717, 1.165) is 36.7 Å². The summed E-state index contributed by atoms with van der Waals surface area (Å²) in [7, 11) is 0. The predicted molar refractivity (Wildman–Crippen MR) is 98.2 cm³/mol. The van der Waals surface area contributed by atoms with Crippen LogP contribution in [0.1, 0.15) is 33.9 Å². The molecule has 0 N–H and O–H groups in total. The average molecular weight is 385 g/mol. The molecule has 1 spiro atoms. The van der Waals surface area contributed by atoms with Crippen LogP contribution in [0.3, 0.4) is 0 Å². The molecular formula is C19H23N5O4. The zero-order valence-electron chi connectivity index (χ0n) is 15.9. The predicted octanol–water partition coefficient (Wildman–Crippen LogP) is 0.924. The number of aryl methyl sites for hydroxylation is 1. The number of hydrogen-bond acceptors (Lipinski definition) is 8. The molecule has 0 aromatic carbocycles. The minimum Gasteiger partial charge on any atom is -0.378 e. The summed E-state index contributed by atoms with van der Waals surface area (Å²) in [4.78, 5) is 26.3. The van der Waals surface area contributed by atoms with Crippen molar-refractivity contribution in [2.24, 2.45) is 0 Å². The van der Waals surface area contributed by atoms with E-state index in [1.165, 1.54) is 0 Å². The number of amides is 1. The number of rotatable bonds is 2. The van der Waals surface area contributed by atoms with Crippen LogP contribution in [-0.4, -0.2) is 71.9 Å². The van der Waals surface area contributed by atoms with Gasteiger partial charge in [-0.2, -0.15) is 0 Å². The Morgan fingerprint density at radius 1 is 1.21 bits per heavy atom. The van der Waals surface area contributed by atoms with Crippen molar-refractivity contribution >= 4 is 11.9 Å². The van der Waals surface area contributed by atoms with E-state index < -0.39 is 0 Å². The molecule has 0 aliphatic carbocycles. The molecule has 0 unspecified atom stereocenters. The third-order valence-electron chi connectivity index (χ3n) is 5.77. The Morgan fingerprint density at radius 3 is 2.86 bits per heavy atom. The standard InChI is InChI=1S/C19H23N5O4/c1-13-8-15(22-28-13)17(25)24-3-2-19(11-24)12-27-10-14-9-20-18(21-16(14)19)23-4-6-26-7-5-23/h8-9H,2-7,10-12H2,1H3/t19-/m1/s1. The number of ether oxygens (including phenoxy) is 2. The first-order valence-corrected chi connectivity index (χ1v) is 9.64. The molecule has 2 aromatic rings. The van der Waals surface area contributed by atoms with Gasteiger partial charge >= 0.3 is 0 Å².